The van der Waals surface area contributed by atoms with Crippen LogP contribution in [0, 0.1) is 5.41 Å². The largest absolute Gasteiger partial charge is 0.380 e. The second-order valence-corrected chi connectivity index (χ2v) is 9.62. The Morgan fingerprint density at radius 1 is 1.33 bits per heavy atom. The first-order valence-corrected chi connectivity index (χ1v) is 12.0. The highest BCUT2D eigenvalue weighted by Gasteiger charge is 2.44. The fourth-order valence-electron chi connectivity index (χ4n) is 4.24. The molecule has 9 nitrogen and oxygen atoms in total. The van der Waals surface area contributed by atoms with E-state index in [2.05, 4.69) is 39.3 Å². The van der Waals surface area contributed by atoms with E-state index in [1.54, 1.807) is 30.7 Å². The molecule has 0 saturated carbocycles. The minimum atomic E-state index is -0.363. The lowest BCUT2D eigenvalue weighted by molar-refractivity contribution is 0.0585. The third-order valence-corrected chi connectivity index (χ3v) is 7.54. The molecule has 33 heavy (non-hydrogen) atoms. The molecule has 4 rings (SSSR count). The van der Waals surface area contributed by atoms with E-state index in [9.17, 15) is 4.79 Å². The molecule has 2 aromatic rings. The van der Waals surface area contributed by atoms with Crippen molar-refractivity contribution in [2.45, 2.75) is 25.8 Å². The average molecular weight is 470 g/mol. The summed E-state index contributed by atoms with van der Waals surface area (Å²) in [6, 6.07) is 3.81. The first kappa shape index (κ1) is 23.3. The summed E-state index contributed by atoms with van der Waals surface area (Å²) in [5, 5.41) is 13.3. The van der Waals surface area contributed by atoms with Gasteiger partial charge in [0.05, 0.1) is 28.3 Å². The van der Waals surface area contributed by atoms with Gasteiger partial charge in [-0.1, -0.05) is 0 Å². The molecular formula is C23H31N7O2S. The van der Waals surface area contributed by atoms with Gasteiger partial charge in [0.15, 0.2) is 0 Å². The monoisotopic (exact) mass is 469 g/mol. The molecule has 0 atom stereocenters. The minimum Gasteiger partial charge on any atom is -0.380 e. The van der Waals surface area contributed by atoms with Gasteiger partial charge in [-0.25, -0.2) is 9.97 Å². The minimum absolute atomic E-state index is 0.0855. The van der Waals surface area contributed by atoms with Crippen molar-refractivity contribution in [1.29, 1.82) is 5.41 Å². The molecule has 0 aromatic carbocycles. The zero-order valence-corrected chi connectivity index (χ0v) is 20.2. The second-order valence-electron chi connectivity index (χ2n) is 8.56. The Hall–Kier alpha value is -2.82. The smallest absolute Gasteiger partial charge is 0.255 e. The highest BCUT2D eigenvalue weighted by atomic mass is 32.1. The maximum absolute atomic E-state index is 13.3. The van der Waals surface area contributed by atoms with Gasteiger partial charge in [0.2, 0.25) is 5.95 Å². The molecule has 2 aliphatic heterocycles. The molecule has 1 amide bonds. The maximum atomic E-state index is 13.3. The molecule has 2 aromatic heterocycles. The van der Waals surface area contributed by atoms with Crippen LogP contribution in [0.25, 0.3) is 10.6 Å². The van der Waals surface area contributed by atoms with Crippen LogP contribution in [0.4, 0.5) is 5.95 Å². The fraction of sp³-hybridized carbons (Fsp3) is 0.478. The van der Waals surface area contributed by atoms with Crippen LogP contribution >= 0.6 is 11.3 Å². The first-order chi connectivity index (χ1) is 15.9. The summed E-state index contributed by atoms with van der Waals surface area (Å²) in [5.41, 5.74) is 1.17. The first-order valence-electron chi connectivity index (χ1n) is 11.2. The topological polar surface area (TPSA) is 106 Å². The number of hydrogen-bond acceptors (Lipinski definition) is 9. The molecule has 2 aliphatic rings. The Balaban J connectivity index is 1.51. The second kappa shape index (κ2) is 9.98. The Labute approximate surface area is 198 Å². The summed E-state index contributed by atoms with van der Waals surface area (Å²) < 4.78 is 5.55. The van der Waals surface area contributed by atoms with E-state index in [4.69, 9.17) is 10.1 Å². The Morgan fingerprint density at radius 3 is 2.94 bits per heavy atom. The van der Waals surface area contributed by atoms with Crippen LogP contribution in [0.2, 0.25) is 0 Å². The van der Waals surface area contributed by atoms with Gasteiger partial charge in [0.1, 0.15) is 5.82 Å². The average Bonchev–Trinajstić information content (AvgIpc) is 3.19. The number of nitrogens with one attached hydrogen (secondary N) is 3. The van der Waals surface area contributed by atoms with Gasteiger partial charge in [-0.2, -0.15) is 0 Å². The number of hydrogen-bond donors (Lipinski definition) is 3. The van der Waals surface area contributed by atoms with Crippen molar-refractivity contribution < 1.29 is 9.53 Å². The number of thiophene rings is 1. The lowest BCUT2D eigenvalue weighted by atomic mass is 10.0. The van der Waals surface area contributed by atoms with E-state index in [-0.39, 0.29) is 11.4 Å². The van der Waals surface area contributed by atoms with Crippen molar-refractivity contribution in [2.24, 2.45) is 0 Å². The van der Waals surface area contributed by atoms with Crippen LogP contribution in [-0.2, 0) is 10.3 Å². The number of nitrogens with zero attached hydrogens (tertiary/aromatic N) is 4. The molecule has 1 fully saturated rings. The van der Waals surface area contributed by atoms with Crippen LogP contribution in [0.5, 0.6) is 0 Å². The predicted molar refractivity (Wildman–Crippen MR) is 131 cm³/mol. The number of fused-ring (bicyclic) bond motifs is 1. The Kier molecular flexibility index (Phi) is 7.06. The van der Waals surface area contributed by atoms with E-state index in [1.165, 1.54) is 6.21 Å². The third-order valence-electron chi connectivity index (χ3n) is 6.07. The number of anilines is 1. The summed E-state index contributed by atoms with van der Waals surface area (Å²) in [6.07, 6.45) is 5.50. The number of amides is 1. The number of carbonyl (C=O) groups excluding carboxylic acids is 1. The van der Waals surface area contributed by atoms with E-state index < -0.39 is 0 Å². The van der Waals surface area contributed by atoms with E-state index in [0.29, 0.717) is 18.3 Å². The van der Waals surface area contributed by atoms with E-state index >= 15 is 0 Å². The Morgan fingerprint density at radius 2 is 2.18 bits per heavy atom. The normalized spacial score (nSPS) is 18.7. The van der Waals surface area contributed by atoms with Gasteiger partial charge >= 0.3 is 0 Å². The highest BCUT2D eigenvalue weighted by molar-refractivity contribution is 7.16. The van der Waals surface area contributed by atoms with Crippen molar-refractivity contribution in [1.82, 2.24) is 25.1 Å². The van der Waals surface area contributed by atoms with Gasteiger partial charge in [-0.3, -0.25) is 9.69 Å². The van der Waals surface area contributed by atoms with Gasteiger partial charge < -0.3 is 25.7 Å². The Bertz CT molecular complexity index is 1040. The molecular weight excluding hydrogens is 438 g/mol. The summed E-state index contributed by atoms with van der Waals surface area (Å²) in [7, 11) is 1.76. The van der Waals surface area contributed by atoms with Crippen molar-refractivity contribution in [3.63, 3.8) is 0 Å². The number of ether oxygens (including phenoxy) is 1. The highest BCUT2D eigenvalue weighted by Crippen LogP contribution is 2.45. The van der Waals surface area contributed by atoms with Crippen molar-refractivity contribution in [3.05, 3.63) is 40.7 Å². The molecule has 10 heteroatoms. The van der Waals surface area contributed by atoms with Gasteiger partial charge in [0.25, 0.3) is 5.91 Å². The quantitative estimate of drug-likeness (QED) is 0.511. The fourth-order valence-corrected chi connectivity index (χ4v) is 5.47. The summed E-state index contributed by atoms with van der Waals surface area (Å²) >= 11 is 1.62. The van der Waals surface area contributed by atoms with Crippen molar-refractivity contribution >= 4 is 29.4 Å². The summed E-state index contributed by atoms with van der Waals surface area (Å²) in [4.78, 5) is 28.6. The van der Waals surface area contributed by atoms with E-state index in [0.717, 1.165) is 60.3 Å². The molecule has 176 valence electrons. The zero-order valence-electron chi connectivity index (χ0n) is 19.4. The van der Waals surface area contributed by atoms with Crippen LogP contribution in [0.15, 0.2) is 30.2 Å². The standard InChI is InChI=1S/C23H31N7O2S/c1-23(2)20-16(21(31)30(23)11-10-29-9-4-13-32-14-12-29)15-18(33-20)17-6-8-26-22(27-17)28-19(25-3)5-7-24/h5-8,15,24-25H,4,9-14H2,1-3H3,(H,26,27,28)/b19-5+,24-7?. The van der Waals surface area contributed by atoms with Gasteiger partial charge in [-0.15, -0.1) is 11.3 Å². The maximum Gasteiger partial charge on any atom is 0.255 e. The molecule has 1 saturated heterocycles. The summed E-state index contributed by atoms with van der Waals surface area (Å²) in [6.45, 7) is 9.32. The number of carbonyl (C=O) groups is 1. The molecule has 0 radical (unpaired) electrons. The van der Waals surface area contributed by atoms with Gasteiger partial charge in [-0.05, 0) is 38.5 Å². The SMILES string of the molecule is CN/C(=C\C=N)Nc1nccc(-c2cc3c(s2)C(C)(C)N(CCN2CCCOCC2)C3=O)n1. The zero-order chi connectivity index (χ0) is 23.4. The van der Waals surface area contributed by atoms with Crippen LogP contribution in [0.1, 0.15) is 35.5 Å². The number of rotatable bonds is 8. The van der Waals surface area contributed by atoms with Crippen molar-refractivity contribution in [2.75, 3.05) is 51.8 Å². The van der Waals surface area contributed by atoms with Gasteiger partial charge in [0, 0.05) is 57.1 Å². The summed E-state index contributed by atoms with van der Waals surface area (Å²) in [5.74, 6) is 1.14. The van der Waals surface area contributed by atoms with Crippen LogP contribution < -0.4 is 10.6 Å². The molecule has 0 unspecified atom stereocenters. The van der Waals surface area contributed by atoms with E-state index in [1.807, 2.05) is 17.0 Å². The lowest BCUT2D eigenvalue weighted by Gasteiger charge is -2.34. The van der Waals surface area contributed by atoms with Crippen LogP contribution in [0.3, 0.4) is 0 Å². The lowest BCUT2D eigenvalue weighted by Crippen LogP contribution is -2.44. The predicted octanol–water partition coefficient (Wildman–Crippen LogP) is 2.74. The molecule has 4 heterocycles. The molecule has 0 spiro atoms. The molecule has 0 bridgehead atoms. The molecule has 0 aliphatic carbocycles. The number of aromatic nitrogens is 2. The molecule has 3 N–H and O–H groups in total. The van der Waals surface area contributed by atoms with Crippen LogP contribution in [-0.4, -0.2) is 78.3 Å². The third kappa shape index (κ3) is 4.92. The number of allylic oxidation sites excluding steroid dienone is 1. The van der Waals surface area contributed by atoms with Crippen molar-refractivity contribution in [3.8, 4) is 10.6 Å².